The highest BCUT2D eigenvalue weighted by Gasteiger charge is 2.57. The van der Waals surface area contributed by atoms with Crippen molar-refractivity contribution in [3.05, 3.63) is 59.1 Å². The minimum atomic E-state index is -3.43. The molecule has 1 aliphatic rings. The van der Waals surface area contributed by atoms with Gasteiger partial charge < -0.3 is 10.5 Å². The molecular weight excluding hydrogens is 334 g/mol. The molecule has 0 amide bonds. The summed E-state index contributed by atoms with van der Waals surface area (Å²) >= 11 is 5.84. The van der Waals surface area contributed by atoms with Crippen molar-refractivity contribution in [3.63, 3.8) is 0 Å². The third-order valence-electron chi connectivity index (χ3n) is 4.37. The van der Waals surface area contributed by atoms with Crippen LogP contribution in [-0.2, 0) is 9.84 Å². The molecule has 1 fully saturated rings. The zero-order chi connectivity index (χ0) is 16.6. The maximum absolute atomic E-state index is 12.9. The SMILES string of the molecule is COc1ccc([C@@H]2[C@H](CN)[C@H]2S(=O)(=O)c2ccc(Cl)cc2)cc1. The Hall–Kier alpha value is -1.56. The fourth-order valence-corrected chi connectivity index (χ4v) is 5.44. The van der Waals surface area contributed by atoms with E-state index in [0.29, 0.717) is 16.5 Å². The van der Waals surface area contributed by atoms with E-state index in [-0.39, 0.29) is 11.8 Å². The standard InChI is InChI=1S/C17H18ClNO3S/c1-22-13-6-2-11(3-7-13)16-15(10-19)17(16)23(20,21)14-8-4-12(18)5-9-14/h2-9,15-17H,10,19H2,1H3/t15-,16+,17+/m0/s1. The Bertz CT molecular complexity index is 788. The van der Waals surface area contributed by atoms with Crippen molar-refractivity contribution in [3.8, 4) is 5.75 Å². The number of rotatable bonds is 5. The molecular formula is C17H18ClNO3S. The monoisotopic (exact) mass is 351 g/mol. The number of methoxy groups -OCH3 is 1. The Morgan fingerprint density at radius 2 is 1.70 bits per heavy atom. The molecule has 122 valence electrons. The topological polar surface area (TPSA) is 69.4 Å². The summed E-state index contributed by atoms with van der Waals surface area (Å²) in [5, 5.41) is 0.0314. The minimum Gasteiger partial charge on any atom is -0.497 e. The second kappa shape index (κ2) is 6.15. The van der Waals surface area contributed by atoms with Gasteiger partial charge in [0.05, 0.1) is 17.3 Å². The van der Waals surface area contributed by atoms with Gasteiger partial charge in [0.15, 0.2) is 9.84 Å². The van der Waals surface area contributed by atoms with Crippen LogP contribution in [0.2, 0.25) is 5.02 Å². The fraction of sp³-hybridized carbons (Fsp3) is 0.294. The summed E-state index contributed by atoms with van der Waals surface area (Å²) in [4.78, 5) is 0.293. The maximum Gasteiger partial charge on any atom is 0.182 e. The second-order valence-corrected chi connectivity index (χ2v) is 8.20. The number of ether oxygens (including phenoxy) is 1. The van der Waals surface area contributed by atoms with Gasteiger partial charge in [-0.2, -0.15) is 0 Å². The molecule has 4 nitrogen and oxygen atoms in total. The summed E-state index contributed by atoms with van der Waals surface area (Å²) in [7, 11) is -1.83. The predicted octanol–water partition coefficient (Wildman–Crippen LogP) is 2.86. The van der Waals surface area contributed by atoms with Crippen molar-refractivity contribution in [2.45, 2.75) is 16.1 Å². The molecule has 0 spiro atoms. The van der Waals surface area contributed by atoms with Crippen LogP contribution in [0.3, 0.4) is 0 Å². The molecule has 1 saturated carbocycles. The molecule has 6 heteroatoms. The van der Waals surface area contributed by atoms with Gasteiger partial charge in [0.25, 0.3) is 0 Å². The molecule has 3 rings (SSSR count). The first kappa shape index (κ1) is 16.3. The number of sulfone groups is 1. The van der Waals surface area contributed by atoms with E-state index < -0.39 is 15.1 Å². The smallest absolute Gasteiger partial charge is 0.182 e. The maximum atomic E-state index is 12.9. The number of benzene rings is 2. The highest BCUT2D eigenvalue weighted by atomic mass is 35.5. The van der Waals surface area contributed by atoms with Crippen LogP contribution in [-0.4, -0.2) is 27.3 Å². The quantitative estimate of drug-likeness (QED) is 0.899. The summed E-state index contributed by atoms with van der Waals surface area (Å²) in [6.45, 7) is 0.341. The van der Waals surface area contributed by atoms with Gasteiger partial charge in [-0.1, -0.05) is 23.7 Å². The molecule has 0 aliphatic heterocycles. The highest BCUT2D eigenvalue weighted by molar-refractivity contribution is 7.92. The molecule has 2 aromatic carbocycles. The first-order valence-corrected chi connectivity index (χ1v) is 9.25. The zero-order valence-electron chi connectivity index (χ0n) is 12.6. The molecule has 0 saturated heterocycles. The molecule has 0 bridgehead atoms. The average Bonchev–Trinajstić information content (AvgIpc) is 3.31. The van der Waals surface area contributed by atoms with E-state index in [1.807, 2.05) is 24.3 Å². The minimum absolute atomic E-state index is 0.0657. The lowest BCUT2D eigenvalue weighted by atomic mass is 10.1. The van der Waals surface area contributed by atoms with E-state index in [1.165, 1.54) is 0 Å². The number of hydrogen-bond donors (Lipinski definition) is 1. The predicted molar refractivity (Wildman–Crippen MR) is 90.7 cm³/mol. The third-order valence-corrected chi connectivity index (χ3v) is 6.91. The van der Waals surface area contributed by atoms with Crippen LogP contribution in [0.15, 0.2) is 53.4 Å². The summed E-state index contributed by atoms with van der Waals surface area (Å²) in [6, 6.07) is 13.8. The van der Waals surface area contributed by atoms with Crippen LogP contribution in [0.5, 0.6) is 5.75 Å². The van der Waals surface area contributed by atoms with Crippen molar-refractivity contribution >= 4 is 21.4 Å². The molecule has 2 aromatic rings. The summed E-state index contributed by atoms with van der Waals surface area (Å²) in [6.07, 6.45) is 0. The van der Waals surface area contributed by atoms with Gasteiger partial charge >= 0.3 is 0 Å². The van der Waals surface area contributed by atoms with E-state index >= 15 is 0 Å². The lowest BCUT2D eigenvalue weighted by Crippen LogP contribution is -2.13. The summed E-state index contributed by atoms with van der Waals surface area (Å²) < 4.78 is 30.9. The Labute approximate surface area is 141 Å². The molecule has 0 aromatic heterocycles. The Morgan fingerprint density at radius 1 is 1.09 bits per heavy atom. The van der Waals surface area contributed by atoms with Gasteiger partial charge in [-0.3, -0.25) is 0 Å². The Balaban J connectivity index is 1.90. The largest absolute Gasteiger partial charge is 0.497 e. The first-order valence-electron chi connectivity index (χ1n) is 7.32. The van der Waals surface area contributed by atoms with Crippen molar-refractivity contribution in [2.24, 2.45) is 11.7 Å². The van der Waals surface area contributed by atoms with Crippen molar-refractivity contribution < 1.29 is 13.2 Å². The molecule has 0 radical (unpaired) electrons. The number of nitrogens with two attached hydrogens (primary N) is 1. The molecule has 23 heavy (non-hydrogen) atoms. The average molecular weight is 352 g/mol. The molecule has 0 heterocycles. The van der Waals surface area contributed by atoms with Crippen LogP contribution in [0.1, 0.15) is 11.5 Å². The van der Waals surface area contributed by atoms with Crippen LogP contribution < -0.4 is 10.5 Å². The van der Waals surface area contributed by atoms with Gasteiger partial charge in [-0.15, -0.1) is 0 Å². The van der Waals surface area contributed by atoms with E-state index in [1.54, 1.807) is 31.4 Å². The van der Waals surface area contributed by atoms with Crippen molar-refractivity contribution in [1.29, 1.82) is 0 Å². The van der Waals surface area contributed by atoms with Crippen LogP contribution in [0, 0.1) is 5.92 Å². The van der Waals surface area contributed by atoms with Crippen molar-refractivity contribution in [2.75, 3.05) is 13.7 Å². The third kappa shape index (κ3) is 2.96. The van der Waals surface area contributed by atoms with Gasteiger partial charge in [-0.05, 0) is 54.4 Å². The molecule has 2 N–H and O–H groups in total. The van der Waals surface area contributed by atoms with Crippen LogP contribution >= 0.6 is 11.6 Å². The first-order chi connectivity index (χ1) is 11.0. The van der Waals surface area contributed by atoms with Crippen LogP contribution in [0.4, 0.5) is 0 Å². The summed E-state index contributed by atoms with van der Waals surface area (Å²) in [5.41, 5.74) is 6.77. The van der Waals surface area contributed by atoms with Gasteiger partial charge in [0.1, 0.15) is 5.75 Å². The van der Waals surface area contributed by atoms with E-state index in [4.69, 9.17) is 22.1 Å². The van der Waals surface area contributed by atoms with Gasteiger partial charge in [0, 0.05) is 10.9 Å². The normalized spacial score (nSPS) is 23.5. The van der Waals surface area contributed by atoms with E-state index in [0.717, 1.165) is 11.3 Å². The molecule has 1 aliphatic carbocycles. The Kier molecular flexibility index (Phi) is 4.36. The van der Waals surface area contributed by atoms with Crippen molar-refractivity contribution in [1.82, 2.24) is 0 Å². The van der Waals surface area contributed by atoms with E-state index in [9.17, 15) is 8.42 Å². The highest BCUT2D eigenvalue weighted by Crippen LogP contribution is 2.53. The fourth-order valence-electron chi connectivity index (χ4n) is 3.09. The van der Waals surface area contributed by atoms with Gasteiger partial charge in [0.2, 0.25) is 0 Å². The zero-order valence-corrected chi connectivity index (χ0v) is 14.2. The molecule has 3 atom stereocenters. The lowest BCUT2D eigenvalue weighted by Gasteiger charge is -2.05. The number of halogens is 1. The van der Waals surface area contributed by atoms with E-state index in [2.05, 4.69) is 0 Å². The lowest BCUT2D eigenvalue weighted by molar-refractivity contribution is 0.414. The Morgan fingerprint density at radius 3 is 2.22 bits per heavy atom. The van der Waals surface area contributed by atoms with Crippen LogP contribution in [0.25, 0.3) is 0 Å². The molecule has 0 unspecified atom stereocenters. The second-order valence-electron chi connectivity index (χ2n) is 5.66. The van der Waals surface area contributed by atoms with Gasteiger partial charge in [-0.25, -0.2) is 8.42 Å². The number of hydrogen-bond acceptors (Lipinski definition) is 4. The summed E-state index contributed by atoms with van der Waals surface area (Å²) in [5.74, 6) is 0.603.